The molecule has 0 spiro atoms. The number of esters is 2. The van der Waals surface area contributed by atoms with Crippen LogP contribution in [0.3, 0.4) is 0 Å². The summed E-state index contributed by atoms with van der Waals surface area (Å²) < 4.78 is 76.6. The highest BCUT2D eigenvalue weighted by Crippen LogP contribution is 2.24. The molecule has 0 saturated heterocycles. The highest BCUT2D eigenvalue weighted by atomic mass is 32.2. The number of halogens is 3. The molecular formula is C16H18BF3O7S. The smallest absolute Gasteiger partial charge is 0.426 e. The average Bonchev–Trinajstić information content (AvgIpc) is 2.54. The molecule has 0 aliphatic rings. The molecule has 1 atom stereocenters. The van der Waals surface area contributed by atoms with Crippen molar-refractivity contribution in [3.8, 4) is 0 Å². The maximum Gasteiger partial charge on any atom is 0.426 e. The Hall–Kier alpha value is -2.08. The summed E-state index contributed by atoms with van der Waals surface area (Å²) in [6.07, 6.45) is -8.63. The van der Waals surface area contributed by atoms with Crippen LogP contribution in [0.4, 0.5) is 13.2 Å². The van der Waals surface area contributed by atoms with E-state index >= 15 is 0 Å². The summed E-state index contributed by atoms with van der Waals surface area (Å²) in [7, 11) is 0.539. The normalized spacial score (nSPS) is 13.0. The van der Waals surface area contributed by atoms with Crippen LogP contribution >= 0.6 is 0 Å². The molecule has 0 fully saturated rings. The summed E-state index contributed by atoms with van der Waals surface area (Å²) in [6.45, 7) is 0.0811. The summed E-state index contributed by atoms with van der Waals surface area (Å²) in [5.74, 6) is -3.79. The van der Waals surface area contributed by atoms with Gasteiger partial charge in [-0.05, 0) is 12.0 Å². The first-order chi connectivity index (χ1) is 12.9. The lowest BCUT2D eigenvalue weighted by Crippen LogP contribution is -2.39. The number of alkyl halides is 3. The Morgan fingerprint density at radius 3 is 2.21 bits per heavy atom. The molecule has 0 bridgehead atoms. The van der Waals surface area contributed by atoms with Crippen LogP contribution in [0.5, 0.6) is 0 Å². The van der Waals surface area contributed by atoms with E-state index in [2.05, 4.69) is 4.74 Å². The van der Waals surface area contributed by atoms with Gasteiger partial charge in [0.25, 0.3) is 10.1 Å². The van der Waals surface area contributed by atoms with Gasteiger partial charge in [0, 0.05) is 19.3 Å². The Morgan fingerprint density at radius 2 is 1.68 bits per heavy atom. The molecule has 0 heterocycles. The van der Waals surface area contributed by atoms with Crippen LogP contribution in [0.25, 0.3) is 0 Å². The molecule has 1 rings (SSSR count). The SMILES string of the molecule is [B]c1ccc(CCOC(=O)CCCC(=O)OC(CS(=O)(=O)O)C(F)(F)F)cc1. The van der Waals surface area contributed by atoms with E-state index in [1.807, 2.05) is 0 Å². The van der Waals surface area contributed by atoms with Crippen LogP contribution in [-0.2, 0) is 35.6 Å². The Bertz CT molecular complexity index is 763. The van der Waals surface area contributed by atoms with E-state index in [9.17, 15) is 31.2 Å². The minimum atomic E-state index is -5.16. The fraction of sp³-hybridized carbons (Fsp3) is 0.500. The molecule has 0 aromatic heterocycles. The van der Waals surface area contributed by atoms with Crippen LogP contribution in [0, 0.1) is 0 Å². The van der Waals surface area contributed by atoms with Crippen LogP contribution in [0.2, 0.25) is 0 Å². The first-order valence-electron chi connectivity index (χ1n) is 8.08. The number of carbonyl (C=O) groups excluding carboxylic acids is 2. The standard InChI is InChI=1S/C16H18BF3O7S/c17-12-6-4-11(5-7-12)8-9-26-14(21)2-1-3-15(22)27-13(16(18,19)20)10-28(23,24)25/h4-7,13H,1-3,8-10H2,(H,23,24,25). The summed E-state index contributed by atoms with van der Waals surface area (Å²) in [5.41, 5.74) is 1.49. The summed E-state index contributed by atoms with van der Waals surface area (Å²) in [6, 6.07) is 6.92. The molecular weight excluding hydrogens is 404 g/mol. The van der Waals surface area contributed by atoms with Crippen molar-refractivity contribution in [1.82, 2.24) is 0 Å². The van der Waals surface area contributed by atoms with Gasteiger partial charge in [0.15, 0.2) is 0 Å². The molecule has 28 heavy (non-hydrogen) atoms. The Kier molecular flexibility index (Phi) is 8.96. The molecule has 1 aromatic carbocycles. The van der Waals surface area contributed by atoms with Gasteiger partial charge in [-0.1, -0.05) is 29.7 Å². The van der Waals surface area contributed by atoms with Crippen molar-refractivity contribution in [1.29, 1.82) is 0 Å². The lowest BCUT2D eigenvalue weighted by atomic mass is 9.95. The van der Waals surface area contributed by atoms with E-state index in [0.717, 1.165) is 5.56 Å². The van der Waals surface area contributed by atoms with Crippen LogP contribution in [-0.4, -0.2) is 57.4 Å². The number of carbonyl (C=O) groups is 2. The fourth-order valence-corrected chi connectivity index (χ4v) is 2.66. The molecule has 0 aliphatic carbocycles. The van der Waals surface area contributed by atoms with Crippen LogP contribution < -0.4 is 5.46 Å². The molecule has 1 aromatic rings. The van der Waals surface area contributed by atoms with Gasteiger partial charge in [0.05, 0.1) is 6.61 Å². The molecule has 12 heteroatoms. The number of ether oxygens (including phenoxy) is 2. The molecule has 1 N–H and O–H groups in total. The first-order valence-corrected chi connectivity index (χ1v) is 9.69. The summed E-state index contributed by atoms with van der Waals surface area (Å²) in [4.78, 5) is 23.0. The van der Waals surface area contributed by atoms with E-state index in [-0.39, 0.29) is 19.4 Å². The zero-order chi connectivity index (χ0) is 21.4. The zero-order valence-electron chi connectivity index (χ0n) is 14.6. The predicted molar refractivity (Wildman–Crippen MR) is 92.7 cm³/mol. The highest BCUT2D eigenvalue weighted by molar-refractivity contribution is 7.85. The first kappa shape index (κ1) is 24.0. The van der Waals surface area contributed by atoms with Crippen molar-refractivity contribution in [2.75, 3.05) is 12.4 Å². The Morgan fingerprint density at radius 1 is 1.11 bits per heavy atom. The molecule has 154 valence electrons. The quantitative estimate of drug-likeness (QED) is 0.342. The minimum Gasteiger partial charge on any atom is -0.465 e. The molecule has 0 saturated carbocycles. The van der Waals surface area contributed by atoms with Crippen molar-refractivity contribution in [3.63, 3.8) is 0 Å². The largest absolute Gasteiger partial charge is 0.465 e. The summed E-state index contributed by atoms with van der Waals surface area (Å²) >= 11 is 0. The number of hydrogen-bond acceptors (Lipinski definition) is 6. The van der Waals surface area contributed by atoms with Gasteiger partial charge in [0.1, 0.15) is 13.6 Å². The number of rotatable bonds is 10. The third-order valence-corrected chi connectivity index (χ3v) is 4.12. The van der Waals surface area contributed by atoms with E-state index in [1.165, 1.54) is 0 Å². The van der Waals surface area contributed by atoms with Gasteiger partial charge < -0.3 is 9.47 Å². The molecule has 0 aliphatic heterocycles. The Labute approximate surface area is 161 Å². The number of hydrogen-bond donors (Lipinski definition) is 1. The second-order valence-corrected chi connectivity index (χ2v) is 7.33. The van der Waals surface area contributed by atoms with Crippen LogP contribution in [0.1, 0.15) is 24.8 Å². The maximum absolute atomic E-state index is 12.6. The number of benzene rings is 1. The monoisotopic (exact) mass is 422 g/mol. The maximum atomic E-state index is 12.6. The zero-order valence-corrected chi connectivity index (χ0v) is 15.5. The van der Waals surface area contributed by atoms with E-state index < -0.39 is 46.5 Å². The van der Waals surface area contributed by atoms with Crippen molar-refractivity contribution < 1.29 is 45.2 Å². The third kappa shape index (κ3) is 10.3. The van der Waals surface area contributed by atoms with Gasteiger partial charge in [-0.15, -0.1) is 0 Å². The van der Waals surface area contributed by atoms with Gasteiger partial charge in [-0.25, -0.2) is 0 Å². The second-order valence-electron chi connectivity index (χ2n) is 5.83. The van der Waals surface area contributed by atoms with Gasteiger partial charge in [0.2, 0.25) is 6.10 Å². The van der Waals surface area contributed by atoms with Crippen molar-refractivity contribution in [2.24, 2.45) is 0 Å². The second kappa shape index (κ2) is 10.5. The molecule has 7 nitrogen and oxygen atoms in total. The molecule has 0 amide bonds. The van der Waals surface area contributed by atoms with Crippen molar-refractivity contribution in [3.05, 3.63) is 29.8 Å². The van der Waals surface area contributed by atoms with Crippen molar-refractivity contribution in [2.45, 2.75) is 38.0 Å². The predicted octanol–water partition coefficient (Wildman–Crippen LogP) is 1.10. The fourth-order valence-electron chi connectivity index (χ4n) is 2.02. The lowest BCUT2D eigenvalue weighted by Gasteiger charge is -2.19. The average molecular weight is 422 g/mol. The molecule has 1 unspecified atom stereocenters. The highest BCUT2D eigenvalue weighted by Gasteiger charge is 2.45. The van der Waals surface area contributed by atoms with Crippen LogP contribution in [0.15, 0.2) is 24.3 Å². The Balaban J connectivity index is 2.31. The minimum absolute atomic E-state index is 0.0811. The van der Waals surface area contributed by atoms with E-state index in [1.54, 1.807) is 24.3 Å². The van der Waals surface area contributed by atoms with E-state index in [4.69, 9.17) is 17.1 Å². The van der Waals surface area contributed by atoms with Crippen molar-refractivity contribution >= 4 is 35.4 Å². The van der Waals surface area contributed by atoms with Gasteiger partial charge >= 0.3 is 18.1 Å². The lowest BCUT2D eigenvalue weighted by molar-refractivity contribution is -0.215. The molecule has 2 radical (unpaired) electrons. The topological polar surface area (TPSA) is 107 Å². The third-order valence-electron chi connectivity index (χ3n) is 3.40. The van der Waals surface area contributed by atoms with E-state index in [0.29, 0.717) is 11.9 Å². The summed E-state index contributed by atoms with van der Waals surface area (Å²) in [5, 5.41) is 0. The van der Waals surface area contributed by atoms with Gasteiger partial charge in [-0.2, -0.15) is 21.6 Å². The van der Waals surface area contributed by atoms with Gasteiger partial charge in [-0.3, -0.25) is 14.1 Å².